The lowest BCUT2D eigenvalue weighted by molar-refractivity contribution is -0.117. The fourth-order valence-corrected chi connectivity index (χ4v) is 2.70. The van der Waals surface area contributed by atoms with Gasteiger partial charge in [-0.15, -0.1) is 0 Å². The Balaban J connectivity index is 1.92. The average molecular weight is 299 g/mol. The molecule has 1 atom stereocenters. The number of hydrogen-bond acceptors (Lipinski definition) is 4. The molecule has 5 nitrogen and oxygen atoms in total. The van der Waals surface area contributed by atoms with Crippen LogP contribution in [-0.2, 0) is 4.79 Å². The molecule has 1 aliphatic heterocycles. The van der Waals surface area contributed by atoms with Gasteiger partial charge in [0.25, 0.3) is 0 Å². The van der Waals surface area contributed by atoms with Crippen LogP contribution in [0.1, 0.15) is 12.8 Å². The van der Waals surface area contributed by atoms with E-state index in [0.29, 0.717) is 16.5 Å². The Kier molecular flexibility index (Phi) is 5.23. The molecule has 20 heavy (non-hydrogen) atoms. The zero-order valence-corrected chi connectivity index (χ0v) is 12.2. The minimum atomic E-state index is -0.105. The summed E-state index contributed by atoms with van der Waals surface area (Å²) in [5.74, 6) is 0.469. The fourth-order valence-electron chi connectivity index (χ4n) is 2.44. The number of halogens is 1. The van der Waals surface area contributed by atoms with E-state index < -0.39 is 0 Å². The van der Waals surface area contributed by atoms with Crippen molar-refractivity contribution in [3.63, 3.8) is 0 Å². The average Bonchev–Trinajstić information content (AvgIpc) is 2.86. The highest BCUT2D eigenvalue weighted by atomic mass is 35.5. The molecule has 6 heteroatoms. The van der Waals surface area contributed by atoms with Crippen LogP contribution in [0.2, 0.25) is 5.02 Å². The van der Waals surface area contributed by atoms with Crippen LogP contribution in [0.4, 0.5) is 5.69 Å². The van der Waals surface area contributed by atoms with E-state index in [1.54, 1.807) is 25.3 Å². The third kappa shape index (κ3) is 3.62. The zero-order valence-electron chi connectivity index (χ0n) is 11.4. The molecule has 0 radical (unpaired) electrons. The smallest absolute Gasteiger partial charge is 0.238 e. The van der Waals surface area contributed by atoms with Gasteiger partial charge in [0.1, 0.15) is 5.75 Å². The second kappa shape index (κ2) is 6.92. The van der Waals surface area contributed by atoms with Gasteiger partial charge in [0.15, 0.2) is 0 Å². The molecule has 1 saturated heterocycles. The lowest BCUT2D eigenvalue weighted by Gasteiger charge is -2.21. The SMILES string of the molecule is COc1ccc(NC(=O)CN2CCC[C@H]2CO)cc1Cl. The van der Waals surface area contributed by atoms with Crippen LogP contribution in [0, 0.1) is 0 Å². The molecule has 0 spiro atoms. The Morgan fingerprint density at radius 1 is 1.60 bits per heavy atom. The molecule has 2 rings (SSSR count). The van der Waals surface area contributed by atoms with Crippen molar-refractivity contribution in [2.24, 2.45) is 0 Å². The number of nitrogens with one attached hydrogen (secondary N) is 1. The number of nitrogens with zero attached hydrogens (tertiary/aromatic N) is 1. The number of rotatable bonds is 5. The summed E-state index contributed by atoms with van der Waals surface area (Å²) in [7, 11) is 1.54. The molecule has 1 aliphatic rings. The van der Waals surface area contributed by atoms with Crippen LogP contribution in [0.5, 0.6) is 5.75 Å². The third-order valence-electron chi connectivity index (χ3n) is 3.49. The van der Waals surface area contributed by atoms with Gasteiger partial charge < -0.3 is 15.2 Å². The van der Waals surface area contributed by atoms with E-state index in [4.69, 9.17) is 16.3 Å². The highest BCUT2D eigenvalue weighted by Gasteiger charge is 2.25. The van der Waals surface area contributed by atoms with Crippen molar-refractivity contribution in [1.29, 1.82) is 0 Å². The number of benzene rings is 1. The van der Waals surface area contributed by atoms with E-state index in [0.717, 1.165) is 19.4 Å². The number of aliphatic hydroxyl groups is 1. The number of ether oxygens (including phenoxy) is 1. The summed E-state index contributed by atoms with van der Waals surface area (Å²) in [6.07, 6.45) is 1.96. The van der Waals surface area contributed by atoms with E-state index in [2.05, 4.69) is 5.32 Å². The van der Waals surface area contributed by atoms with Gasteiger partial charge in [0.05, 0.1) is 25.3 Å². The van der Waals surface area contributed by atoms with Gasteiger partial charge in [-0.05, 0) is 37.6 Å². The second-order valence-electron chi connectivity index (χ2n) is 4.85. The Morgan fingerprint density at radius 3 is 3.05 bits per heavy atom. The minimum Gasteiger partial charge on any atom is -0.495 e. The molecular weight excluding hydrogens is 280 g/mol. The van der Waals surface area contributed by atoms with Crippen LogP contribution in [0.25, 0.3) is 0 Å². The number of amides is 1. The Bertz CT molecular complexity index is 481. The Labute approximate surface area is 123 Å². The molecule has 0 saturated carbocycles. The van der Waals surface area contributed by atoms with Crippen molar-refractivity contribution >= 4 is 23.2 Å². The van der Waals surface area contributed by atoms with Crippen molar-refractivity contribution in [3.8, 4) is 5.75 Å². The number of anilines is 1. The van der Waals surface area contributed by atoms with Crippen LogP contribution >= 0.6 is 11.6 Å². The van der Waals surface area contributed by atoms with Crippen molar-refractivity contribution in [2.45, 2.75) is 18.9 Å². The zero-order chi connectivity index (χ0) is 14.5. The number of hydrogen-bond donors (Lipinski definition) is 2. The van der Waals surface area contributed by atoms with Gasteiger partial charge in [0.2, 0.25) is 5.91 Å². The molecule has 1 fully saturated rings. The van der Waals surface area contributed by atoms with E-state index in [1.807, 2.05) is 4.90 Å². The summed E-state index contributed by atoms with van der Waals surface area (Å²) in [5, 5.41) is 12.5. The first kappa shape index (κ1) is 15.1. The topological polar surface area (TPSA) is 61.8 Å². The molecular formula is C14H19ClN2O3. The Morgan fingerprint density at radius 2 is 2.40 bits per heavy atom. The molecule has 110 valence electrons. The van der Waals surface area contributed by atoms with Crippen molar-refractivity contribution in [3.05, 3.63) is 23.2 Å². The maximum atomic E-state index is 12.0. The maximum absolute atomic E-state index is 12.0. The summed E-state index contributed by atoms with van der Waals surface area (Å²) in [6.45, 7) is 1.23. The summed E-state index contributed by atoms with van der Waals surface area (Å²) in [5.41, 5.74) is 0.639. The first-order valence-electron chi connectivity index (χ1n) is 6.62. The first-order chi connectivity index (χ1) is 9.63. The number of carbonyl (C=O) groups is 1. The van der Waals surface area contributed by atoms with Gasteiger partial charge in [-0.1, -0.05) is 11.6 Å². The highest BCUT2D eigenvalue weighted by molar-refractivity contribution is 6.32. The number of likely N-dealkylation sites (tertiary alicyclic amines) is 1. The second-order valence-corrected chi connectivity index (χ2v) is 5.25. The van der Waals surface area contributed by atoms with E-state index >= 15 is 0 Å². The first-order valence-corrected chi connectivity index (χ1v) is 7.00. The normalized spacial score (nSPS) is 19.1. The van der Waals surface area contributed by atoms with Crippen LogP contribution < -0.4 is 10.1 Å². The number of methoxy groups -OCH3 is 1. The molecule has 1 heterocycles. The molecule has 1 amide bonds. The van der Waals surface area contributed by atoms with Crippen molar-refractivity contribution in [2.75, 3.05) is 32.1 Å². The minimum absolute atomic E-state index is 0.0974. The quantitative estimate of drug-likeness (QED) is 0.869. The summed E-state index contributed by atoms with van der Waals surface area (Å²) in [4.78, 5) is 14.0. The van der Waals surface area contributed by atoms with Gasteiger partial charge in [-0.25, -0.2) is 0 Å². The molecule has 0 aliphatic carbocycles. The Hall–Kier alpha value is -1.30. The van der Waals surface area contributed by atoms with E-state index in [-0.39, 0.29) is 25.1 Å². The van der Waals surface area contributed by atoms with Crippen LogP contribution in [-0.4, -0.2) is 48.8 Å². The monoisotopic (exact) mass is 298 g/mol. The van der Waals surface area contributed by atoms with Crippen molar-refractivity contribution < 1.29 is 14.6 Å². The molecule has 0 aromatic heterocycles. The van der Waals surface area contributed by atoms with E-state index in [9.17, 15) is 9.90 Å². The molecule has 0 unspecified atom stereocenters. The molecule has 2 N–H and O–H groups in total. The predicted octanol–water partition coefficient (Wildman–Crippen LogP) is 1.74. The van der Waals surface area contributed by atoms with Gasteiger partial charge in [-0.2, -0.15) is 0 Å². The summed E-state index contributed by atoms with van der Waals surface area (Å²) < 4.78 is 5.06. The van der Waals surface area contributed by atoms with Gasteiger partial charge in [-0.3, -0.25) is 9.69 Å². The van der Waals surface area contributed by atoms with Crippen molar-refractivity contribution in [1.82, 2.24) is 4.90 Å². The summed E-state index contributed by atoms with van der Waals surface area (Å²) >= 11 is 6.01. The lowest BCUT2D eigenvalue weighted by atomic mass is 10.2. The molecule has 1 aromatic carbocycles. The fraction of sp³-hybridized carbons (Fsp3) is 0.500. The van der Waals surface area contributed by atoms with Crippen LogP contribution in [0.15, 0.2) is 18.2 Å². The van der Waals surface area contributed by atoms with E-state index in [1.165, 1.54) is 0 Å². The lowest BCUT2D eigenvalue weighted by Crippen LogP contribution is -2.38. The third-order valence-corrected chi connectivity index (χ3v) is 3.79. The number of carbonyl (C=O) groups excluding carboxylic acids is 1. The molecule has 0 bridgehead atoms. The largest absolute Gasteiger partial charge is 0.495 e. The highest BCUT2D eigenvalue weighted by Crippen LogP contribution is 2.27. The predicted molar refractivity (Wildman–Crippen MR) is 78.3 cm³/mol. The molecule has 1 aromatic rings. The number of aliphatic hydroxyl groups excluding tert-OH is 1. The standard InChI is InChI=1S/C14H19ClN2O3/c1-20-13-5-4-10(7-12(13)15)16-14(19)8-17-6-2-3-11(17)9-18/h4-5,7,11,18H,2-3,6,8-9H2,1H3,(H,16,19)/t11-/m0/s1. The van der Waals surface area contributed by atoms with Gasteiger partial charge >= 0.3 is 0 Å². The van der Waals surface area contributed by atoms with Gasteiger partial charge in [0, 0.05) is 11.7 Å². The maximum Gasteiger partial charge on any atom is 0.238 e. The summed E-state index contributed by atoms with van der Waals surface area (Å²) in [6, 6.07) is 5.21. The van der Waals surface area contributed by atoms with Crippen LogP contribution in [0.3, 0.4) is 0 Å².